The van der Waals surface area contributed by atoms with Gasteiger partial charge in [0.15, 0.2) is 0 Å². The number of halogens is 2. The molecule has 1 rings (SSSR count). The molecule has 0 radical (unpaired) electrons. The smallest absolute Gasteiger partial charge is 0.287 e. The zero-order valence-corrected chi connectivity index (χ0v) is 14.9. The Morgan fingerprint density at radius 1 is 1.45 bits per heavy atom. The number of carbonyl (C=O) groups is 3. The van der Waals surface area contributed by atoms with Gasteiger partial charge in [-0.2, -0.15) is 0 Å². The maximum atomic E-state index is 12.0. The molecule has 0 bridgehead atoms. The molecule has 0 saturated heterocycles. The van der Waals surface area contributed by atoms with Gasteiger partial charge in [-0.15, -0.1) is 0 Å². The van der Waals surface area contributed by atoms with Crippen molar-refractivity contribution in [3.05, 3.63) is 9.51 Å². The van der Waals surface area contributed by atoms with E-state index in [1.54, 1.807) is 6.92 Å². The Bertz CT molecular complexity index is 456. The van der Waals surface area contributed by atoms with E-state index in [1.165, 1.54) is 18.8 Å². The highest BCUT2D eigenvalue weighted by Gasteiger charge is 2.26. The lowest BCUT2D eigenvalue weighted by Gasteiger charge is -2.14. The van der Waals surface area contributed by atoms with E-state index in [2.05, 4.69) is 47.8 Å². The molecular formula is C11H15Br2N3O3S. The average molecular weight is 429 g/mol. The molecule has 0 saturated carbocycles. The first kappa shape index (κ1) is 17.5. The molecule has 2 amide bonds. The molecule has 1 aliphatic rings. The van der Waals surface area contributed by atoms with Crippen molar-refractivity contribution in [3.63, 3.8) is 0 Å². The highest BCUT2D eigenvalue weighted by molar-refractivity contribution is 9.15. The third kappa shape index (κ3) is 5.10. The molecule has 1 aliphatic heterocycles. The summed E-state index contributed by atoms with van der Waals surface area (Å²) in [4.78, 5) is 34.4. The second kappa shape index (κ2) is 8.04. The van der Waals surface area contributed by atoms with Gasteiger partial charge < -0.3 is 16.0 Å². The van der Waals surface area contributed by atoms with Crippen molar-refractivity contribution in [1.29, 1.82) is 0 Å². The minimum Gasteiger partial charge on any atom is -0.358 e. The van der Waals surface area contributed by atoms with Gasteiger partial charge in [0.1, 0.15) is 9.98 Å². The van der Waals surface area contributed by atoms with Gasteiger partial charge in [-0.25, -0.2) is 0 Å². The Balaban J connectivity index is 2.41. The maximum absolute atomic E-state index is 12.0. The maximum Gasteiger partial charge on any atom is 0.287 e. The molecule has 3 N–H and O–H groups in total. The van der Waals surface area contributed by atoms with Gasteiger partial charge in [0.25, 0.3) is 11.8 Å². The van der Waals surface area contributed by atoms with Crippen LogP contribution in [0.1, 0.15) is 19.8 Å². The van der Waals surface area contributed by atoms with E-state index in [0.29, 0.717) is 12.1 Å². The van der Waals surface area contributed by atoms with Crippen LogP contribution >= 0.6 is 43.6 Å². The van der Waals surface area contributed by atoms with Gasteiger partial charge in [-0.3, -0.25) is 14.4 Å². The second-order valence-corrected chi connectivity index (χ2v) is 8.10. The first-order chi connectivity index (χ1) is 9.35. The number of nitrogens with one attached hydrogen (secondary N) is 3. The van der Waals surface area contributed by atoms with E-state index < -0.39 is 11.7 Å². The van der Waals surface area contributed by atoms with Gasteiger partial charge in [-0.1, -0.05) is 27.7 Å². The highest BCUT2D eigenvalue weighted by Crippen LogP contribution is 2.37. The fraction of sp³-hybridized carbons (Fsp3) is 0.545. The van der Waals surface area contributed by atoms with Gasteiger partial charge in [-0.05, 0) is 29.3 Å². The van der Waals surface area contributed by atoms with E-state index in [9.17, 15) is 14.4 Å². The van der Waals surface area contributed by atoms with Crippen LogP contribution in [0.15, 0.2) is 9.51 Å². The van der Waals surface area contributed by atoms with Crippen LogP contribution in [0.4, 0.5) is 0 Å². The van der Waals surface area contributed by atoms with Crippen molar-refractivity contribution >= 4 is 61.2 Å². The summed E-state index contributed by atoms with van der Waals surface area (Å²) in [6.45, 7) is 1.79. The summed E-state index contributed by atoms with van der Waals surface area (Å²) in [6, 6.07) is -0.204. The number of carbonyl (C=O) groups excluding carboxylic acids is 3. The van der Waals surface area contributed by atoms with Gasteiger partial charge in [0.05, 0.1) is 3.81 Å². The lowest BCUT2D eigenvalue weighted by Crippen LogP contribution is -2.38. The van der Waals surface area contributed by atoms with Crippen LogP contribution in [0, 0.1) is 0 Å². The topological polar surface area (TPSA) is 87.3 Å². The molecule has 0 aromatic carbocycles. The SMILES string of the molecule is CNC(=O)C(=O)CC[C@@H](C)NC(=O)C1=C(Br)SC(Br)N1. The first-order valence-corrected chi connectivity index (χ1v) is 8.46. The Morgan fingerprint density at radius 3 is 2.60 bits per heavy atom. The normalized spacial score (nSPS) is 19.3. The van der Waals surface area contributed by atoms with E-state index in [1.807, 2.05) is 0 Å². The van der Waals surface area contributed by atoms with Crippen molar-refractivity contribution in [2.24, 2.45) is 0 Å². The molecule has 0 aromatic heterocycles. The third-order valence-corrected chi connectivity index (χ3v) is 5.03. The van der Waals surface area contributed by atoms with Gasteiger partial charge >= 0.3 is 0 Å². The molecule has 0 fully saturated rings. The predicted molar refractivity (Wildman–Crippen MR) is 85.3 cm³/mol. The van der Waals surface area contributed by atoms with Crippen molar-refractivity contribution in [2.75, 3.05) is 7.05 Å². The lowest BCUT2D eigenvalue weighted by atomic mass is 10.1. The molecule has 1 unspecified atom stereocenters. The largest absolute Gasteiger partial charge is 0.358 e. The molecule has 0 spiro atoms. The number of thioether (sulfide) groups is 1. The summed E-state index contributed by atoms with van der Waals surface area (Å²) in [5.74, 6) is -1.33. The number of likely N-dealkylation sites (N-methyl/N-ethyl adjacent to an activating group) is 1. The second-order valence-electron chi connectivity index (χ2n) is 4.14. The quantitative estimate of drug-likeness (QED) is 0.335. The number of rotatable bonds is 6. The third-order valence-electron chi connectivity index (χ3n) is 2.55. The molecule has 0 aliphatic carbocycles. The summed E-state index contributed by atoms with van der Waals surface area (Å²) < 4.78 is 0.688. The van der Waals surface area contributed by atoms with Crippen LogP contribution in [-0.4, -0.2) is 35.0 Å². The van der Waals surface area contributed by atoms with Crippen molar-refractivity contribution in [2.45, 2.75) is 30.1 Å². The van der Waals surface area contributed by atoms with Gasteiger partial charge in [0, 0.05) is 19.5 Å². The van der Waals surface area contributed by atoms with E-state index in [4.69, 9.17) is 0 Å². The lowest BCUT2D eigenvalue weighted by molar-refractivity contribution is -0.137. The summed E-state index contributed by atoms with van der Waals surface area (Å²) >= 11 is 8.09. The van der Waals surface area contributed by atoms with Crippen LogP contribution in [-0.2, 0) is 14.4 Å². The van der Waals surface area contributed by atoms with Crippen molar-refractivity contribution in [3.8, 4) is 0 Å². The summed E-state index contributed by atoms with van der Waals surface area (Å²) in [5, 5.41) is 8.03. The molecule has 6 nitrogen and oxygen atoms in total. The summed E-state index contributed by atoms with van der Waals surface area (Å²) in [5.41, 5.74) is 0.460. The monoisotopic (exact) mass is 427 g/mol. The van der Waals surface area contributed by atoms with Crippen LogP contribution in [0.25, 0.3) is 0 Å². The first-order valence-electron chi connectivity index (χ1n) is 5.88. The van der Waals surface area contributed by atoms with Crippen LogP contribution < -0.4 is 16.0 Å². The predicted octanol–water partition coefficient (Wildman–Crippen LogP) is 1.17. The molecule has 2 atom stereocenters. The Morgan fingerprint density at radius 2 is 2.10 bits per heavy atom. The molecule has 9 heteroatoms. The molecule has 20 heavy (non-hydrogen) atoms. The summed E-state index contributed by atoms with van der Waals surface area (Å²) in [7, 11) is 1.41. The number of hydrogen-bond acceptors (Lipinski definition) is 5. The van der Waals surface area contributed by atoms with E-state index in [0.717, 1.165) is 3.81 Å². The Kier molecular flexibility index (Phi) is 7.04. The van der Waals surface area contributed by atoms with E-state index >= 15 is 0 Å². The fourth-order valence-corrected chi connectivity index (χ4v) is 4.50. The minimum atomic E-state index is -0.607. The summed E-state index contributed by atoms with van der Waals surface area (Å²) in [6.07, 6.45) is 0.512. The standard InChI is InChI=1S/C11H15Br2N3O3S/c1-5(3-4-6(17)9(18)14-2)15-10(19)7-8(12)20-11(13)16-7/h5,11,16H,3-4H2,1-2H3,(H,14,18)(H,15,19)/t5-,11?/m1/s1. The van der Waals surface area contributed by atoms with Crippen LogP contribution in [0.2, 0.25) is 0 Å². The number of amides is 2. The Labute approximate surface area is 138 Å². The van der Waals surface area contributed by atoms with E-state index in [-0.39, 0.29) is 22.7 Å². The molecule has 1 heterocycles. The zero-order valence-electron chi connectivity index (χ0n) is 11.0. The minimum absolute atomic E-state index is 0.0391. The number of hydrogen-bond donors (Lipinski definition) is 3. The highest BCUT2D eigenvalue weighted by atomic mass is 79.9. The van der Waals surface area contributed by atoms with Crippen LogP contribution in [0.5, 0.6) is 0 Å². The molecule has 112 valence electrons. The average Bonchev–Trinajstić information content (AvgIpc) is 2.74. The number of ketones is 1. The Hall–Kier alpha value is -0.540. The fourth-order valence-electron chi connectivity index (χ4n) is 1.47. The van der Waals surface area contributed by atoms with Crippen molar-refractivity contribution in [1.82, 2.24) is 16.0 Å². The number of Topliss-reactive ketones (excluding diaryl/α,β-unsaturated/α-hetero) is 1. The number of alkyl halides is 1. The molecule has 0 aromatic rings. The van der Waals surface area contributed by atoms with Crippen LogP contribution in [0.3, 0.4) is 0 Å². The zero-order chi connectivity index (χ0) is 15.3. The van der Waals surface area contributed by atoms with Gasteiger partial charge in [0.2, 0.25) is 5.78 Å². The van der Waals surface area contributed by atoms with Crippen molar-refractivity contribution < 1.29 is 14.4 Å². The molecular weight excluding hydrogens is 414 g/mol.